The predicted molar refractivity (Wildman–Crippen MR) is 78.6 cm³/mol. The minimum absolute atomic E-state index is 0.671. The molecule has 1 saturated heterocycles. The maximum absolute atomic E-state index is 6.04. The van der Waals surface area contributed by atoms with Crippen LogP contribution >= 0.6 is 0 Å². The molecule has 0 spiro atoms. The molecule has 4 unspecified atom stereocenters. The number of nitrogens with zero attached hydrogens (tertiary/aromatic N) is 1. The van der Waals surface area contributed by atoms with Crippen LogP contribution < -0.4 is 5.73 Å². The van der Waals surface area contributed by atoms with Crippen LogP contribution in [0.4, 0.5) is 0 Å². The zero-order valence-electron chi connectivity index (χ0n) is 12.4. The third-order valence-corrected chi connectivity index (χ3v) is 5.52. The van der Waals surface area contributed by atoms with Crippen LogP contribution in [0.15, 0.2) is 0 Å². The highest BCUT2D eigenvalue weighted by Gasteiger charge is 2.33. The minimum atomic E-state index is 0.671. The van der Waals surface area contributed by atoms with Crippen molar-refractivity contribution < 1.29 is 0 Å². The first-order valence-electron chi connectivity index (χ1n) is 8.24. The van der Waals surface area contributed by atoms with E-state index >= 15 is 0 Å². The van der Waals surface area contributed by atoms with Gasteiger partial charge in [-0.25, -0.2) is 0 Å². The van der Waals surface area contributed by atoms with Crippen molar-refractivity contribution in [2.75, 3.05) is 13.1 Å². The summed E-state index contributed by atoms with van der Waals surface area (Å²) in [6, 6.07) is 1.51. The maximum atomic E-state index is 6.04. The van der Waals surface area contributed by atoms with E-state index < -0.39 is 0 Å². The van der Waals surface area contributed by atoms with Crippen LogP contribution in [0.1, 0.15) is 65.2 Å². The Kier molecular flexibility index (Phi) is 5.50. The molecule has 2 N–H and O–H groups in total. The van der Waals surface area contributed by atoms with Gasteiger partial charge in [-0.3, -0.25) is 4.90 Å². The van der Waals surface area contributed by atoms with Crippen molar-refractivity contribution >= 4 is 0 Å². The molecule has 18 heavy (non-hydrogen) atoms. The normalized spacial score (nSPS) is 38.8. The van der Waals surface area contributed by atoms with Crippen LogP contribution in [0.5, 0.6) is 0 Å². The number of piperidine rings is 1. The van der Waals surface area contributed by atoms with Gasteiger partial charge in [-0.05, 0) is 44.1 Å². The molecule has 0 bridgehead atoms. The molecule has 1 aliphatic carbocycles. The molecule has 0 amide bonds. The average Bonchev–Trinajstić information content (AvgIpc) is 2.46. The molecule has 2 heteroatoms. The van der Waals surface area contributed by atoms with Crippen molar-refractivity contribution in [3.05, 3.63) is 0 Å². The largest absolute Gasteiger partial charge is 0.329 e. The summed E-state index contributed by atoms with van der Waals surface area (Å²) < 4.78 is 0. The van der Waals surface area contributed by atoms with Crippen molar-refractivity contribution in [3.63, 3.8) is 0 Å². The molecule has 106 valence electrons. The van der Waals surface area contributed by atoms with Gasteiger partial charge in [-0.1, -0.05) is 39.5 Å². The molecule has 2 rings (SSSR count). The van der Waals surface area contributed by atoms with E-state index in [2.05, 4.69) is 18.7 Å². The number of likely N-dealkylation sites (tertiary alicyclic amines) is 1. The Morgan fingerprint density at radius 3 is 2.39 bits per heavy atom. The van der Waals surface area contributed by atoms with E-state index in [0.29, 0.717) is 6.04 Å². The van der Waals surface area contributed by atoms with Gasteiger partial charge in [0.25, 0.3) is 0 Å². The molecule has 0 aromatic heterocycles. The number of rotatable bonds is 4. The van der Waals surface area contributed by atoms with Gasteiger partial charge in [0.15, 0.2) is 0 Å². The maximum Gasteiger partial charge on any atom is 0.0223 e. The van der Waals surface area contributed by atoms with E-state index in [1.165, 1.54) is 57.9 Å². The summed E-state index contributed by atoms with van der Waals surface area (Å²) in [7, 11) is 0. The van der Waals surface area contributed by atoms with Crippen LogP contribution in [0, 0.1) is 11.8 Å². The fourth-order valence-electron chi connectivity index (χ4n) is 4.17. The van der Waals surface area contributed by atoms with Crippen LogP contribution in [0.3, 0.4) is 0 Å². The van der Waals surface area contributed by atoms with Crippen LogP contribution in [-0.4, -0.2) is 30.1 Å². The third-order valence-electron chi connectivity index (χ3n) is 5.52. The molecular weight excluding hydrogens is 220 g/mol. The Hall–Kier alpha value is -0.0800. The topological polar surface area (TPSA) is 29.3 Å². The van der Waals surface area contributed by atoms with Gasteiger partial charge in [-0.2, -0.15) is 0 Å². The van der Waals surface area contributed by atoms with E-state index in [9.17, 15) is 0 Å². The molecule has 0 aromatic carbocycles. The number of hydrogen-bond acceptors (Lipinski definition) is 2. The molecule has 1 saturated carbocycles. The van der Waals surface area contributed by atoms with Gasteiger partial charge in [0.2, 0.25) is 0 Å². The van der Waals surface area contributed by atoms with Crippen molar-refractivity contribution in [2.24, 2.45) is 17.6 Å². The van der Waals surface area contributed by atoms with E-state index in [1.807, 2.05) is 0 Å². The van der Waals surface area contributed by atoms with Crippen LogP contribution in [-0.2, 0) is 0 Å². The molecular formula is C16H32N2. The zero-order chi connectivity index (χ0) is 13.0. The van der Waals surface area contributed by atoms with Gasteiger partial charge in [0, 0.05) is 18.6 Å². The highest BCUT2D eigenvalue weighted by molar-refractivity contribution is 4.89. The van der Waals surface area contributed by atoms with Gasteiger partial charge < -0.3 is 5.73 Å². The summed E-state index contributed by atoms with van der Waals surface area (Å²) in [5.41, 5.74) is 6.04. The number of hydrogen-bond donors (Lipinski definition) is 1. The molecule has 1 heterocycles. The SMILES string of the molecule is CCC1CCN(C2CCCC(CC)C2)C(CN)C1. The van der Waals surface area contributed by atoms with Gasteiger partial charge in [0.1, 0.15) is 0 Å². The lowest BCUT2D eigenvalue weighted by molar-refractivity contribution is 0.0407. The Morgan fingerprint density at radius 1 is 1.00 bits per heavy atom. The monoisotopic (exact) mass is 252 g/mol. The second kappa shape index (κ2) is 6.91. The molecule has 1 aliphatic heterocycles. The first-order valence-corrected chi connectivity index (χ1v) is 8.24. The van der Waals surface area contributed by atoms with Gasteiger partial charge in [-0.15, -0.1) is 0 Å². The Morgan fingerprint density at radius 2 is 1.72 bits per heavy atom. The fourth-order valence-corrected chi connectivity index (χ4v) is 4.17. The van der Waals surface area contributed by atoms with Gasteiger partial charge >= 0.3 is 0 Å². The van der Waals surface area contributed by atoms with E-state index in [1.54, 1.807) is 0 Å². The first kappa shape index (κ1) is 14.3. The first-order chi connectivity index (χ1) is 8.78. The summed E-state index contributed by atoms with van der Waals surface area (Å²) in [5, 5.41) is 0. The summed E-state index contributed by atoms with van der Waals surface area (Å²) in [5.74, 6) is 1.91. The van der Waals surface area contributed by atoms with E-state index in [4.69, 9.17) is 5.73 Å². The number of nitrogens with two attached hydrogens (primary N) is 1. The molecule has 4 atom stereocenters. The predicted octanol–water partition coefficient (Wildman–Crippen LogP) is 3.40. The summed E-state index contributed by atoms with van der Waals surface area (Å²) in [4.78, 5) is 2.79. The molecule has 2 fully saturated rings. The van der Waals surface area contributed by atoms with Gasteiger partial charge in [0.05, 0.1) is 0 Å². The highest BCUT2D eigenvalue weighted by atomic mass is 15.2. The fraction of sp³-hybridized carbons (Fsp3) is 1.00. The Labute approximate surface area is 113 Å². The summed E-state index contributed by atoms with van der Waals surface area (Å²) >= 11 is 0. The van der Waals surface area contributed by atoms with Crippen molar-refractivity contribution in [2.45, 2.75) is 77.3 Å². The van der Waals surface area contributed by atoms with Crippen molar-refractivity contribution in [1.82, 2.24) is 4.90 Å². The molecule has 0 radical (unpaired) electrons. The van der Waals surface area contributed by atoms with Crippen LogP contribution in [0.2, 0.25) is 0 Å². The minimum Gasteiger partial charge on any atom is -0.329 e. The standard InChI is InChI=1S/C16H32N2/c1-3-13-6-5-7-15(10-13)18-9-8-14(4-2)11-16(18)12-17/h13-16H,3-12,17H2,1-2H3. The highest BCUT2D eigenvalue weighted by Crippen LogP contribution is 2.34. The van der Waals surface area contributed by atoms with E-state index in [0.717, 1.165) is 24.4 Å². The average molecular weight is 252 g/mol. The lowest BCUT2D eigenvalue weighted by Gasteiger charge is -2.46. The summed E-state index contributed by atoms with van der Waals surface area (Å²) in [6.45, 7) is 6.86. The second-order valence-electron chi connectivity index (χ2n) is 6.52. The lowest BCUT2D eigenvalue weighted by atomic mass is 9.80. The smallest absolute Gasteiger partial charge is 0.0223 e. The quantitative estimate of drug-likeness (QED) is 0.831. The lowest BCUT2D eigenvalue weighted by Crippen LogP contribution is -2.52. The summed E-state index contributed by atoms with van der Waals surface area (Å²) in [6.07, 6.45) is 11.2. The van der Waals surface area contributed by atoms with Crippen molar-refractivity contribution in [1.29, 1.82) is 0 Å². The molecule has 2 aliphatic rings. The molecule has 0 aromatic rings. The Balaban J connectivity index is 1.94. The molecule has 2 nitrogen and oxygen atoms in total. The Bertz CT molecular complexity index is 241. The van der Waals surface area contributed by atoms with Crippen LogP contribution in [0.25, 0.3) is 0 Å². The zero-order valence-corrected chi connectivity index (χ0v) is 12.4. The third kappa shape index (κ3) is 3.27. The van der Waals surface area contributed by atoms with Crippen molar-refractivity contribution in [3.8, 4) is 0 Å². The van der Waals surface area contributed by atoms with E-state index in [-0.39, 0.29) is 0 Å². The second-order valence-corrected chi connectivity index (χ2v) is 6.52.